The van der Waals surface area contributed by atoms with E-state index in [1.807, 2.05) is 0 Å². The van der Waals surface area contributed by atoms with Crippen LogP contribution < -0.4 is 10.3 Å². The van der Waals surface area contributed by atoms with Gasteiger partial charge in [-0.15, -0.1) is 5.10 Å². The molecule has 0 fully saturated rings. The average molecular weight is 310 g/mol. The van der Waals surface area contributed by atoms with Gasteiger partial charge in [0.15, 0.2) is 0 Å². The largest absolute Gasteiger partial charge is 0.480 e. The summed E-state index contributed by atoms with van der Waals surface area (Å²) in [7, 11) is 2.46. The van der Waals surface area contributed by atoms with Crippen molar-refractivity contribution in [1.29, 1.82) is 0 Å². The van der Waals surface area contributed by atoms with Crippen molar-refractivity contribution in [1.82, 2.24) is 9.78 Å². The molecule has 0 amide bonds. The van der Waals surface area contributed by atoms with Gasteiger partial charge in [0.05, 0.1) is 19.8 Å². The second-order valence-electron chi connectivity index (χ2n) is 4.30. The highest BCUT2D eigenvalue weighted by molar-refractivity contribution is 5.70. The van der Waals surface area contributed by atoms with Crippen molar-refractivity contribution < 1.29 is 23.0 Å². The van der Waals surface area contributed by atoms with Crippen molar-refractivity contribution in [3.8, 4) is 17.0 Å². The summed E-state index contributed by atoms with van der Waals surface area (Å²) in [5, 5.41) is 3.85. The summed E-state index contributed by atoms with van der Waals surface area (Å²) in [6, 6.07) is 3.89. The van der Waals surface area contributed by atoms with Gasteiger partial charge in [-0.05, 0) is 17.7 Å². The van der Waals surface area contributed by atoms with E-state index in [4.69, 9.17) is 4.74 Å². The first-order chi connectivity index (χ1) is 10.4. The first kappa shape index (κ1) is 15.6. The second-order valence-corrected chi connectivity index (χ2v) is 4.30. The van der Waals surface area contributed by atoms with Gasteiger partial charge in [0.2, 0.25) is 5.88 Å². The number of methoxy groups -OCH3 is 2. The van der Waals surface area contributed by atoms with Crippen molar-refractivity contribution in [2.75, 3.05) is 14.2 Å². The molecule has 0 radical (unpaired) electrons. The Morgan fingerprint density at radius 1 is 1.18 bits per heavy atom. The lowest BCUT2D eigenvalue weighted by Crippen LogP contribution is -2.27. The molecule has 1 aromatic heterocycles. The lowest BCUT2D eigenvalue weighted by atomic mass is 10.1. The van der Waals surface area contributed by atoms with Gasteiger partial charge in [-0.25, -0.2) is 13.5 Å². The smallest absolute Gasteiger partial charge is 0.327 e. The summed E-state index contributed by atoms with van der Waals surface area (Å²) in [5.41, 5.74) is -0.415. The van der Waals surface area contributed by atoms with E-state index in [0.29, 0.717) is 6.07 Å². The molecule has 2 rings (SSSR count). The molecule has 0 saturated heterocycles. The average Bonchev–Trinajstić information content (AvgIpc) is 2.47. The van der Waals surface area contributed by atoms with Crippen LogP contribution in [0.5, 0.6) is 5.88 Å². The van der Waals surface area contributed by atoms with Gasteiger partial charge in [0, 0.05) is 12.1 Å². The number of benzene rings is 1. The zero-order valence-electron chi connectivity index (χ0n) is 11.8. The number of rotatable bonds is 4. The minimum absolute atomic E-state index is 0.0477. The predicted molar refractivity (Wildman–Crippen MR) is 72.4 cm³/mol. The van der Waals surface area contributed by atoms with E-state index in [-0.39, 0.29) is 17.0 Å². The highest BCUT2D eigenvalue weighted by atomic mass is 19.1. The first-order valence-corrected chi connectivity index (χ1v) is 6.14. The summed E-state index contributed by atoms with van der Waals surface area (Å²) >= 11 is 0. The third kappa shape index (κ3) is 3.27. The minimum Gasteiger partial charge on any atom is -0.480 e. The van der Waals surface area contributed by atoms with Gasteiger partial charge in [0.25, 0.3) is 5.56 Å². The van der Waals surface area contributed by atoms with E-state index in [1.165, 1.54) is 14.2 Å². The maximum absolute atomic E-state index is 13.3. The van der Waals surface area contributed by atoms with E-state index < -0.39 is 29.7 Å². The Morgan fingerprint density at radius 3 is 2.36 bits per heavy atom. The molecule has 0 N–H and O–H groups in total. The third-order valence-electron chi connectivity index (χ3n) is 2.84. The van der Waals surface area contributed by atoms with E-state index in [0.717, 1.165) is 22.9 Å². The Balaban J connectivity index is 2.55. The lowest BCUT2D eigenvalue weighted by Gasteiger charge is -2.10. The van der Waals surface area contributed by atoms with E-state index in [2.05, 4.69) is 9.84 Å². The summed E-state index contributed by atoms with van der Waals surface area (Å²) in [4.78, 5) is 23.2. The van der Waals surface area contributed by atoms with Gasteiger partial charge in [-0.2, -0.15) is 0 Å². The number of nitrogens with zero attached hydrogens (tertiary/aromatic N) is 2. The number of carbonyl (C=O) groups excluding carboxylic acids is 1. The van der Waals surface area contributed by atoms with E-state index in [9.17, 15) is 18.4 Å². The second kappa shape index (κ2) is 6.33. The van der Waals surface area contributed by atoms with Crippen LogP contribution in [0.3, 0.4) is 0 Å². The molecular weight excluding hydrogens is 298 g/mol. The fraction of sp³-hybridized carbons (Fsp3) is 0.214. The van der Waals surface area contributed by atoms with Crippen LogP contribution in [-0.4, -0.2) is 30.0 Å². The molecule has 22 heavy (non-hydrogen) atoms. The van der Waals surface area contributed by atoms with Crippen molar-refractivity contribution in [2.24, 2.45) is 0 Å². The molecule has 0 unspecified atom stereocenters. The maximum Gasteiger partial charge on any atom is 0.327 e. The van der Waals surface area contributed by atoms with Crippen LogP contribution in [0.1, 0.15) is 0 Å². The Morgan fingerprint density at radius 2 is 1.82 bits per heavy atom. The number of esters is 1. The van der Waals surface area contributed by atoms with E-state index in [1.54, 1.807) is 0 Å². The zero-order chi connectivity index (χ0) is 16.3. The van der Waals surface area contributed by atoms with Crippen LogP contribution in [0.15, 0.2) is 29.1 Å². The molecule has 0 bridgehead atoms. The number of ether oxygens (including phenoxy) is 2. The standard InChI is InChI=1S/C14H12F2N2O4/c1-21-13(20)7-18-12(19)6-11(14(17-18)22-2)8-3-9(15)5-10(16)4-8/h3-6H,7H2,1-2H3. The number of halogens is 2. The highest BCUT2D eigenvalue weighted by Gasteiger charge is 2.15. The van der Waals surface area contributed by atoms with Crippen LogP contribution in [0.4, 0.5) is 8.78 Å². The molecule has 0 spiro atoms. The zero-order valence-corrected chi connectivity index (χ0v) is 11.8. The topological polar surface area (TPSA) is 70.4 Å². The van der Waals surface area contributed by atoms with Gasteiger partial charge >= 0.3 is 5.97 Å². The van der Waals surface area contributed by atoms with Crippen LogP contribution >= 0.6 is 0 Å². The van der Waals surface area contributed by atoms with Crippen molar-refractivity contribution >= 4 is 5.97 Å². The van der Waals surface area contributed by atoms with Crippen molar-refractivity contribution in [3.63, 3.8) is 0 Å². The maximum atomic E-state index is 13.3. The molecule has 0 aliphatic heterocycles. The lowest BCUT2D eigenvalue weighted by molar-refractivity contribution is -0.141. The molecule has 0 saturated carbocycles. The van der Waals surface area contributed by atoms with Gasteiger partial charge < -0.3 is 9.47 Å². The normalized spacial score (nSPS) is 10.4. The van der Waals surface area contributed by atoms with Crippen molar-refractivity contribution in [3.05, 3.63) is 46.3 Å². The van der Waals surface area contributed by atoms with Gasteiger partial charge in [-0.1, -0.05) is 0 Å². The number of hydrogen-bond donors (Lipinski definition) is 0. The summed E-state index contributed by atoms with van der Waals surface area (Å²) in [5.74, 6) is -2.30. The van der Waals surface area contributed by atoms with Crippen LogP contribution in [0, 0.1) is 11.6 Å². The minimum atomic E-state index is -0.796. The molecule has 2 aromatic rings. The molecular formula is C14H12F2N2O4. The molecule has 6 nitrogen and oxygen atoms in total. The summed E-state index contributed by atoms with van der Waals surface area (Å²) in [6.45, 7) is -0.399. The van der Waals surface area contributed by atoms with Crippen LogP contribution in [0.2, 0.25) is 0 Å². The van der Waals surface area contributed by atoms with E-state index >= 15 is 0 Å². The molecule has 1 heterocycles. The van der Waals surface area contributed by atoms with Crippen LogP contribution in [-0.2, 0) is 16.1 Å². The molecule has 0 aliphatic rings. The first-order valence-electron chi connectivity index (χ1n) is 6.14. The molecule has 0 atom stereocenters. The molecule has 0 aliphatic carbocycles. The number of carbonyl (C=O) groups is 1. The SMILES string of the molecule is COC(=O)Cn1nc(OC)c(-c2cc(F)cc(F)c2)cc1=O. The summed E-state index contributed by atoms with van der Waals surface area (Å²) in [6.07, 6.45) is 0. The van der Waals surface area contributed by atoms with Gasteiger partial charge in [0.1, 0.15) is 18.2 Å². The Bertz CT molecular complexity index is 754. The monoisotopic (exact) mass is 310 g/mol. The number of hydrogen-bond acceptors (Lipinski definition) is 5. The Hall–Kier alpha value is -2.77. The van der Waals surface area contributed by atoms with Crippen LogP contribution in [0.25, 0.3) is 11.1 Å². The number of aromatic nitrogens is 2. The third-order valence-corrected chi connectivity index (χ3v) is 2.84. The Labute approximate surface area is 123 Å². The Kier molecular flexibility index (Phi) is 4.50. The highest BCUT2D eigenvalue weighted by Crippen LogP contribution is 2.27. The molecule has 116 valence electrons. The molecule has 1 aromatic carbocycles. The quantitative estimate of drug-likeness (QED) is 0.798. The fourth-order valence-corrected chi connectivity index (χ4v) is 1.84. The molecule has 8 heteroatoms. The summed E-state index contributed by atoms with van der Waals surface area (Å²) < 4.78 is 36.9. The van der Waals surface area contributed by atoms with Crippen molar-refractivity contribution in [2.45, 2.75) is 6.54 Å². The predicted octanol–water partition coefficient (Wildman–Crippen LogP) is 1.37. The van der Waals surface area contributed by atoms with Gasteiger partial charge in [-0.3, -0.25) is 9.59 Å². The fourth-order valence-electron chi connectivity index (χ4n) is 1.84.